The molecular formula is C22H26O7. The Morgan fingerprint density at radius 2 is 1.93 bits per heavy atom. The zero-order chi connectivity index (χ0) is 21.5. The van der Waals surface area contributed by atoms with Gasteiger partial charge in [0.15, 0.2) is 0 Å². The minimum Gasteiger partial charge on any atom is -0.458 e. The second-order valence-electron chi connectivity index (χ2n) is 7.83. The van der Waals surface area contributed by atoms with Gasteiger partial charge in [-0.1, -0.05) is 24.3 Å². The number of fused-ring (bicyclic) bond motifs is 3. The van der Waals surface area contributed by atoms with Gasteiger partial charge >= 0.3 is 17.9 Å². The standard InChI is InChI=1S/C22H26O7/c1-10(6-7-23)21(25)28-16-8-11(2)17-15(27-14(5)24)9-12(3)18(17)20-19(16)13(4)22(26)29-20/h6,9,15-20,23H,2,4,7-8H2,1,3,5H3/b10-6-/t15-,16-,17-,18+,19-,20+/m1/s1. The largest absolute Gasteiger partial charge is 0.458 e. The SMILES string of the molecule is C=C1C[C@@H](OC(=O)/C(C)=C\CO)[C@H]2C(=C)C(=O)O[C@H]2[C@H]2C(C)=C[C@@H](OC(C)=O)[C@@H]12. The summed E-state index contributed by atoms with van der Waals surface area (Å²) in [6.45, 7) is 12.6. The van der Waals surface area contributed by atoms with Crippen molar-refractivity contribution in [3.05, 3.63) is 47.6 Å². The Labute approximate surface area is 169 Å². The van der Waals surface area contributed by atoms with Crippen LogP contribution in [0.4, 0.5) is 0 Å². The fourth-order valence-electron chi connectivity index (χ4n) is 4.64. The predicted molar refractivity (Wildman–Crippen MR) is 103 cm³/mol. The molecule has 156 valence electrons. The summed E-state index contributed by atoms with van der Waals surface area (Å²) in [5.74, 6) is -2.55. The quantitative estimate of drug-likeness (QED) is 0.332. The molecule has 1 saturated carbocycles. The first-order valence-electron chi connectivity index (χ1n) is 9.57. The van der Waals surface area contributed by atoms with Crippen molar-refractivity contribution in [3.8, 4) is 0 Å². The number of hydrogen-bond acceptors (Lipinski definition) is 7. The van der Waals surface area contributed by atoms with Gasteiger partial charge in [-0.3, -0.25) is 4.79 Å². The van der Waals surface area contributed by atoms with E-state index in [4.69, 9.17) is 19.3 Å². The molecule has 0 aromatic rings. The molecule has 1 aliphatic heterocycles. The van der Waals surface area contributed by atoms with Gasteiger partial charge in [0.25, 0.3) is 0 Å². The summed E-state index contributed by atoms with van der Waals surface area (Å²) >= 11 is 0. The molecule has 6 atom stereocenters. The highest BCUT2D eigenvalue weighted by Gasteiger charge is 2.56. The number of hydrogen-bond donors (Lipinski definition) is 1. The van der Waals surface area contributed by atoms with Crippen LogP contribution in [0.5, 0.6) is 0 Å². The average Bonchev–Trinajstić information content (AvgIpc) is 3.05. The molecule has 3 aliphatic rings. The molecule has 7 heteroatoms. The summed E-state index contributed by atoms with van der Waals surface area (Å²) in [7, 11) is 0. The average molecular weight is 402 g/mol. The number of carbonyl (C=O) groups is 3. The number of esters is 3. The molecule has 1 heterocycles. The Hall–Kier alpha value is -2.67. The van der Waals surface area contributed by atoms with Gasteiger partial charge in [-0.25, -0.2) is 9.59 Å². The molecule has 0 spiro atoms. The number of rotatable bonds is 4. The maximum absolute atomic E-state index is 12.5. The van der Waals surface area contributed by atoms with Crippen LogP contribution in [-0.4, -0.2) is 47.9 Å². The van der Waals surface area contributed by atoms with Gasteiger partial charge in [-0.15, -0.1) is 0 Å². The molecule has 0 amide bonds. The van der Waals surface area contributed by atoms with E-state index in [9.17, 15) is 14.4 Å². The van der Waals surface area contributed by atoms with E-state index >= 15 is 0 Å². The summed E-state index contributed by atoms with van der Waals surface area (Å²) in [6, 6.07) is 0. The Kier molecular flexibility index (Phi) is 5.80. The van der Waals surface area contributed by atoms with Crippen LogP contribution < -0.4 is 0 Å². The highest BCUT2D eigenvalue weighted by molar-refractivity contribution is 5.92. The topological polar surface area (TPSA) is 99.1 Å². The molecule has 1 N–H and O–H groups in total. The maximum Gasteiger partial charge on any atom is 0.334 e. The number of carbonyl (C=O) groups excluding carboxylic acids is 3. The van der Waals surface area contributed by atoms with E-state index in [1.54, 1.807) is 6.92 Å². The number of aliphatic hydroxyl groups excluding tert-OH is 1. The zero-order valence-corrected chi connectivity index (χ0v) is 16.8. The van der Waals surface area contributed by atoms with Gasteiger partial charge in [0.2, 0.25) is 0 Å². The Bertz CT molecular complexity index is 834. The Balaban J connectivity index is 1.97. The fraction of sp³-hybridized carbons (Fsp3) is 0.500. The summed E-state index contributed by atoms with van der Waals surface area (Å²) < 4.78 is 16.8. The molecular weight excluding hydrogens is 376 g/mol. The lowest BCUT2D eigenvalue weighted by atomic mass is 9.79. The van der Waals surface area contributed by atoms with Crippen LogP contribution in [0.25, 0.3) is 0 Å². The van der Waals surface area contributed by atoms with E-state index in [0.29, 0.717) is 0 Å². The van der Waals surface area contributed by atoms with Gasteiger partial charge in [-0.2, -0.15) is 0 Å². The molecule has 29 heavy (non-hydrogen) atoms. The molecule has 0 radical (unpaired) electrons. The Morgan fingerprint density at radius 1 is 1.24 bits per heavy atom. The van der Waals surface area contributed by atoms with E-state index in [2.05, 4.69) is 13.2 Å². The van der Waals surface area contributed by atoms with Crippen molar-refractivity contribution < 1.29 is 33.7 Å². The van der Waals surface area contributed by atoms with Gasteiger partial charge in [0.05, 0.1) is 12.5 Å². The second-order valence-corrected chi connectivity index (χ2v) is 7.83. The van der Waals surface area contributed by atoms with Gasteiger partial charge in [0, 0.05) is 36.3 Å². The Morgan fingerprint density at radius 3 is 2.55 bits per heavy atom. The monoisotopic (exact) mass is 402 g/mol. The van der Waals surface area contributed by atoms with Crippen LogP contribution in [0.1, 0.15) is 27.2 Å². The molecule has 1 saturated heterocycles. The molecule has 0 bridgehead atoms. The normalized spacial score (nSPS) is 34.0. The molecule has 2 aliphatic carbocycles. The van der Waals surface area contributed by atoms with Crippen LogP contribution >= 0.6 is 0 Å². The molecule has 7 nitrogen and oxygen atoms in total. The van der Waals surface area contributed by atoms with Crippen LogP contribution in [0.15, 0.2) is 47.6 Å². The maximum atomic E-state index is 12.5. The summed E-state index contributed by atoms with van der Waals surface area (Å²) in [6.07, 6.45) is 1.72. The third-order valence-corrected chi connectivity index (χ3v) is 5.92. The van der Waals surface area contributed by atoms with Crippen molar-refractivity contribution in [1.29, 1.82) is 0 Å². The first kappa shape index (κ1) is 21.0. The molecule has 0 aromatic carbocycles. The first-order chi connectivity index (χ1) is 13.6. The summed E-state index contributed by atoms with van der Waals surface area (Å²) in [5.41, 5.74) is 2.22. The third-order valence-electron chi connectivity index (χ3n) is 5.92. The molecule has 0 aromatic heterocycles. The van der Waals surface area contributed by atoms with Crippen molar-refractivity contribution in [1.82, 2.24) is 0 Å². The van der Waals surface area contributed by atoms with Crippen LogP contribution in [0.3, 0.4) is 0 Å². The van der Waals surface area contributed by atoms with Crippen molar-refractivity contribution in [2.24, 2.45) is 17.8 Å². The summed E-state index contributed by atoms with van der Waals surface area (Å²) in [5, 5.41) is 9.02. The molecule has 2 fully saturated rings. The highest BCUT2D eigenvalue weighted by atomic mass is 16.6. The lowest BCUT2D eigenvalue weighted by Gasteiger charge is -2.29. The second kappa shape index (κ2) is 7.99. The number of aliphatic hydroxyl groups is 1. The van der Waals surface area contributed by atoms with Gasteiger partial charge in [0.1, 0.15) is 18.3 Å². The van der Waals surface area contributed by atoms with Crippen molar-refractivity contribution in [2.45, 2.75) is 45.5 Å². The minimum atomic E-state index is -0.697. The van der Waals surface area contributed by atoms with Crippen molar-refractivity contribution >= 4 is 17.9 Å². The fourth-order valence-corrected chi connectivity index (χ4v) is 4.64. The van der Waals surface area contributed by atoms with Crippen molar-refractivity contribution in [2.75, 3.05) is 6.61 Å². The zero-order valence-electron chi connectivity index (χ0n) is 16.8. The highest BCUT2D eigenvalue weighted by Crippen LogP contribution is 2.51. The van der Waals surface area contributed by atoms with Crippen LogP contribution in [0, 0.1) is 17.8 Å². The third kappa shape index (κ3) is 3.79. The van der Waals surface area contributed by atoms with E-state index in [0.717, 1.165) is 11.1 Å². The smallest absolute Gasteiger partial charge is 0.334 e. The lowest BCUT2D eigenvalue weighted by molar-refractivity contribution is -0.150. The summed E-state index contributed by atoms with van der Waals surface area (Å²) in [4.78, 5) is 36.3. The van der Waals surface area contributed by atoms with Crippen LogP contribution in [0.2, 0.25) is 0 Å². The van der Waals surface area contributed by atoms with E-state index in [-0.39, 0.29) is 36.0 Å². The molecule has 0 unspecified atom stereocenters. The van der Waals surface area contributed by atoms with E-state index < -0.39 is 42.1 Å². The van der Waals surface area contributed by atoms with Crippen LogP contribution in [-0.2, 0) is 28.6 Å². The lowest BCUT2D eigenvalue weighted by Crippen LogP contribution is -2.37. The predicted octanol–water partition coefficient (Wildman–Crippen LogP) is 2.02. The number of ether oxygens (including phenoxy) is 3. The minimum absolute atomic E-state index is 0.238. The van der Waals surface area contributed by atoms with E-state index in [1.807, 2.05) is 13.0 Å². The van der Waals surface area contributed by atoms with Crippen molar-refractivity contribution in [3.63, 3.8) is 0 Å². The van der Waals surface area contributed by atoms with Gasteiger partial charge < -0.3 is 19.3 Å². The first-order valence-corrected chi connectivity index (χ1v) is 9.57. The van der Waals surface area contributed by atoms with E-state index in [1.165, 1.54) is 13.0 Å². The van der Waals surface area contributed by atoms with Gasteiger partial charge in [-0.05, 0) is 26.0 Å². The molecule has 3 rings (SSSR count).